The van der Waals surface area contributed by atoms with Gasteiger partial charge in [0.2, 0.25) is 23.6 Å². The Morgan fingerprint density at radius 1 is 0.299 bits per heavy atom. The van der Waals surface area contributed by atoms with Gasteiger partial charge in [0.1, 0.15) is 35.8 Å². The van der Waals surface area contributed by atoms with Crippen LogP contribution in [0.4, 0.5) is 0 Å². The van der Waals surface area contributed by atoms with Crippen molar-refractivity contribution in [1.29, 1.82) is 21.6 Å². The highest BCUT2D eigenvalue weighted by atomic mass is 16.6. The van der Waals surface area contributed by atoms with Crippen LogP contribution in [-0.4, -0.2) is 158 Å². The Morgan fingerprint density at radius 3 is 0.748 bits per heavy atom. The molecule has 0 aromatic carbocycles. The topological polar surface area (TPSA) is 296 Å². The first-order valence-electron chi connectivity index (χ1n) is 45.2. The highest BCUT2D eigenvalue weighted by Crippen LogP contribution is 2.39. The molecule has 4 saturated heterocycles. The van der Waals surface area contributed by atoms with Crippen molar-refractivity contribution in [2.24, 2.45) is 0 Å². The molecule has 2 aliphatic carbocycles. The molecular formula is C85H156N12O10. The molecule has 0 unspecified atom stereocenters. The average Bonchev–Trinajstić information content (AvgIpc) is 1.82. The summed E-state index contributed by atoms with van der Waals surface area (Å²) in [6, 6.07) is 0. The number of esters is 2. The van der Waals surface area contributed by atoms with Crippen LogP contribution < -0.4 is 21.3 Å². The lowest BCUT2D eigenvalue weighted by Crippen LogP contribution is -2.45. The Hall–Kier alpha value is -6.22. The van der Waals surface area contributed by atoms with E-state index in [1.807, 2.05) is 0 Å². The second kappa shape index (κ2) is 61.5. The van der Waals surface area contributed by atoms with Gasteiger partial charge in [0.25, 0.3) is 0 Å². The Kier molecular flexibility index (Phi) is 49.7. The van der Waals surface area contributed by atoms with Crippen molar-refractivity contribution < 1.29 is 55.9 Å². The van der Waals surface area contributed by atoms with Crippen molar-refractivity contribution in [2.45, 2.75) is 391 Å². The Bertz CT molecular complexity index is 2750. The number of carbonyl (C=O) groups is 6. The number of rotatable bonds is 0. The maximum absolute atomic E-state index is 12.6. The zero-order valence-corrected chi connectivity index (χ0v) is 66.5. The van der Waals surface area contributed by atoms with Crippen molar-refractivity contribution in [3.63, 3.8) is 0 Å². The maximum atomic E-state index is 12.6. The molecular weight excluding hydrogens is 1350 g/mol. The molecule has 22 nitrogen and oxygen atoms in total. The number of guanidine groups is 4. The number of amides is 4. The molecule has 6 rings (SSSR count). The summed E-state index contributed by atoms with van der Waals surface area (Å²) in [5.41, 5.74) is -0.797. The van der Waals surface area contributed by atoms with Gasteiger partial charge in [-0.15, -0.1) is 0 Å². The summed E-state index contributed by atoms with van der Waals surface area (Å²) in [5, 5.41) is 42.0. The van der Waals surface area contributed by atoms with Gasteiger partial charge >= 0.3 is 11.9 Å². The van der Waals surface area contributed by atoms with E-state index in [-0.39, 0.29) is 68.1 Å². The van der Waals surface area contributed by atoms with Gasteiger partial charge < -0.3 is 38.5 Å². The van der Waals surface area contributed by atoms with Gasteiger partial charge in [-0.3, -0.25) is 71.7 Å². The van der Waals surface area contributed by atoms with Crippen LogP contribution in [0.15, 0.2) is 24.7 Å². The highest BCUT2D eigenvalue weighted by Gasteiger charge is 2.39. The molecule has 6 aliphatic rings. The minimum atomic E-state index is -2.71. The van der Waals surface area contributed by atoms with E-state index in [1.165, 1.54) is 165 Å². The number of carbonyl (C=O) groups excluding carboxylic acids is 6. The summed E-state index contributed by atoms with van der Waals surface area (Å²) >= 11 is 0. The van der Waals surface area contributed by atoms with Crippen molar-refractivity contribution in [3.8, 4) is 0 Å². The lowest BCUT2D eigenvalue weighted by Gasteiger charge is -2.30. The van der Waals surface area contributed by atoms with Gasteiger partial charge in [-0.1, -0.05) is 252 Å². The predicted molar refractivity (Wildman–Crippen MR) is 436 cm³/mol. The summed E-state index contributed by atoms with van der Waals surface area (Å²) < 4.78 is 68.9. The van der Waals surface area contributed by atoms with E-state index in [0.29, 0.717) is 61.9 Å². The van der Waals surface area contributed by atoms with Crippen LogP contribution in [0.3, 0.4) is 0 Å². The third kappa shape index (κ3) is 50.3. The third-order valence-corrected chi connectivity index (χ3v) is 21.2. The number of nitrogens with zero attached hydrogens (tertiary/aromatic N) is 4. The fourth-order valence-corrected chi connectivity index (χ4v) is 14.7. The van der Waals surface area contributed by atoms with Crippen LogP contribution >= 0.6 is 0 Å². The van der Waals surface area contributed by atoms with E-state index in [2.05, 4.69) is 34.4 Å². The largest absolute Gasteiger partial charge is 0.497 e. The van der Waals surface area contributed by atoms with Crippen LogP contribution in [0, 0.1) is 21.6 Å². The summed E-state index contributed by atoms with van der Waals surface area (Å²) in [6.45, 7) is 3.36. The number of likely N-dealkylation sites (N-methyl/N-ethyl adjacent to an activating group) is 4. The minimum absolute atomic E-state index is 0. The molecule has 2 spiro atoms. The molecule has 0 aromatic heterocycles. The van der Waals surface area contributed by atoms with Gasteiger partial charge in [-0.25, -0.2) is 0 Å². The molecule has 616 valence electrons. The van der Waals surface area contributed by atoms with Crippen LogP contribution in [0.25, 0.3) is 0 Å². The predicted octanol–water partition coefficient (Wildman–Crippen LogP) is 18.8. The Labute approximate surface area is 658 Å². The second-order valence-electron chi connectivity index (χ2n) is 31.0. The molecule has 4 amide bonds. The molecule has 0 radical (unpaired) electrons. The Morgan fingerprint density at radius 2 is 0.486 bits per heavy atom. The quantitative estimate of drug-likeness (QED) is 0.105. The lowest BCUT2D eigenvalue weighted by molar-refractivity contribution is -0.161. The third-order valence-electron chi connectivity index (χ3n) is 21.2. The highest BCUT2D eigenvalue weighted by molar-refractivity contribution is 5.98. The molecule has 0 aromatic rings. The fourth-order valence-electron chi connectivity index (χ4n) is 14.7. The van der Waals surface area contributed by atoms with Crippen LogP contribution in [0.2, 0.25) is 0 Å². The number of hydrogen-bond acceptors (Lipinski definition) is 14. The normalized spacial score (nSPS) is 24.1. The van der Waals surface area contributed by atoms with Gasteiger partial charge in [0.15, 0.2) is 23.8 Å². The summed E-state index contributed by atoms with van der Waals surface area (Å²) in [5.74, 6) is -1.87. The molecule has 4 aliphatic heterocycles. The first-order valence-corrected chi connectivity index (χ1v) is 42.2. The summed E-state index contributed by atoms with van der Waals surface area (Å²) in [7, 11) is 3.42. The molecule has 22 heteroatoms. The minimum Gasteiger partial charge on any atom is -0.497 e. The van der Waals surface area contributed by atoms with Crippen molar-refractivity contribution >= 4 is 59.4 Å². The molecule has 8 N–H and O–H groups in total. The summed E-state index contributed by atoms with van der Waals surface area (Å²) in [4.78, 5) is 77.5. The molecule has 4 heterocycles. The van der Waals surface area contributed by atoms with Gasteiger partial charge in [-0.2, -0.15) is 0 Å². The van der Waals surface area contributed by atoms with Crippen LogP contribution in [0.5, 0.6) is 0 Å². The maximum Gasteiger partial charge on any atom is 0.326 e. The van der Waals surface area contributed by atoms with Crippen LogP contribution in [0.1, 0.15) is 388 Å². The van der Waals surface area contributed by atoms with Crippen molar-refractivity contribution in [2.75, 3.05) is 67.4 Å². The number of hydrogen-bond donors (Lipinski definition) is 8. The number of ether oxygens (including phenoxy) is 4. The molecule has 2 saturated carbocycles. The standard InChI is InChI=1S/2C23H43N3O2.2C19H33N3O3.CH4/c2*1-21-20-26(2)23(24)25-22(27)18-16-14-12-10-8-6-4-3-5-7-9-11-13-15-17-19-28-21;2*1-22-15-17(24)25-19(13-9-10-14-19)12-8-6-4-2-3-5-7-11-16(23)21-18(22)20;/h2*1,3-20H2,2H3,(H2,24,25,27);2*2-15H2,1H3,(H2,20,21,23);1H4/i2D3;;1D3;;. The average molecular weight is 1510 g/mol. The van der Waals surface area contributed by atoms with E-state index < -0.39 is 49.9 Å². The van der Waals surface area contributed by atoms with Gasteiger partial charge in [0.05, 0.1) is 26.3 Å². The zero-order chi connectivity index (χ0) is 82.1. The lowest BCUT2D eigenvalue weighted by atomic mass is 9.93. The Balaban J connectivity index is 0.000000511. The molecule has 6 fully saturated rings. The zero-order valence-electron chi connectivity index (χ0n) is 72.5. The van der Waals surface area contributed by atoms with E-state index in [4.69, 9.17) is 48.8 Å². The van der Waals surface area contributed by atoms with Crippen LogP contribution in [-0.2, 0) is 47.7 Å². The molecule has 0 bridgehead atoms. The van der Waals surface area contributed by atoms with Gasteiger partial charge in [-0.05, 0) is 116 Å². The van der Waals surface area contributed by atoms with E-state index >= 15 is 0 Å². The molecule has 0 atom stereocenters. The summed E-state index contributed by atoms with van der Waals surface area (Å²) in [6.07, 6.45) is 62.4. The molecule has 107 heavy (non-hydrogen) atoms. The first kappa shape index (κ1) is 86.4. The number of nitrogens with one attached hydrogen (secondary N) is 8. The fraction of sp³-hybridized carbons (Fsp3) is 0.835. The van der Waals surface area contributed by atoms with E-state index in [0.717, 1.165) is 185 Å². The van der Waals surface area contributed by atoms with Crippen molar-refractivity contribution in [1.82, 2.24) is 40.9 Å². The SMILES string of the molecule is C.C=C1CN(C)C(=N)NC(=O)CCCCCCCCCCCCCCCCCO1.CN1CC(=O)OC2(CCCCCCCCCC(=O)NC1=N)CCCC2.[2H]C([2H])([2H])N1CC(=C)OCCCCCCCCCCCCCCCCCC(=O)NC1=N.[2H]C([2H])([2H])N1CC(=O)OC2(CCCCCCCCCC(=O)NC1=N)CCCC2. The van der Waals surface area contributed by atoms with Crippen molar-refractivity contribution in [3.05, 3.63) is 24.7 Å². The smallest absolute Gasteiger partial charge is 0.326 e. The van der Waals surface area contributed by atoms with Gasteiger partial charge in [0, 0.05) is 62.0 Å². The van der Waals surface area contributed by atoms with E-state index in [1.54, 1.807) is 19.0 Å². The van der Waals surface area contributed by atoms with E-state index in [9.17, 15) is 28.8 Å². The first-order chi connectivity index (χ1) is 53.6. The monoisotopic (exact) mass is 1510 g/mol. The second-order valence-corrected chi connectivity index (χ2v) is 31.0.